The minimum absolute atomic E-state index is 0.732. The number of aromatic nitrogens is 1. The van der Waals surface area contributed by atoms with Crippen molar-refractivity contribution in [1.29, 1.82) is 0 Å². The van der Waals surface area contributed by atoms with Crippen molar-refractivity contribution in [2.75, 3.05) is 11.9 Å². The van der Waals surface area contributed by atoms with Crippen LogP contribution in [0.3, 0.4) is 0 Å². The number of nitrogens with zero attached hydrogens (tertiary/aromatic N) is 1. The highest BCUT2D eigenvalue weighted by atomic mass is 35.5. The molecule has 3 rings (SSSR count). The number of rotatable bonds is 10. The summed E-state index contributed by atoms with van der Waals surface area (Å²) in [6, 6.07) is 15.8. The third kappa shape index (κ3) is 6.26. The maximum Gasteiger partial charge on any atom is 0.187 e. The quantitative estimate of drug-likeness (QED) is 0.356. The molecular formula is C22H25ClN2OS. The number of hydrogen-bond donors (Lipinski definition) is 1. The Bertz CT molecular complexity index is 815. The van der Waals surface area contributed by atoms with Crippen LogP contribution in [0.4, 0.5) is 10.8 Å². The number of nitrogens with one attached hydrogen (secondary N) is 1. The number of thiazole rings is 1. The first kappa shape index (κ1) is 19.7. The van der Waals surface area contributed by atoms with Crippen LogP contribution in [-0.2, 0) is 0 Å². The van der Waals surface area contributed by atoms with Crippen LogP contribution in [0.25, 0.3) is 11.3 Å². The number of unbranched alkanes of at least 4 members (excludes halogenated alkanes) is 4. The van der Waals surface area contributed by atoms with Gasteiger partial charge in [-0.05, 0) is 42.8 Å². The van der Waals surface area contributed by atoms with E-state index >= 15 is 0 Å². The van der Waals surface area contributed by atoms with E-state index < -0.39 is 0 Å². The first-order chi connectivity index (χ1) is 13.2. The lowest BCUT2D eigenvalue weighted by atomic mass is 10.2. The van der Waals surface area contributed by atoms with E-state index in [0.717, 1.165) is 45.9 Å². The molecule has 0 aliphatic heterocycles. The monoisotopic (exact) mass is 400 g/mol. The Labute approximate surface area is 170 Å². The van der Waals surface area contributed by atoms with E-state index in [4.69, 9.17) is 16.3 Å². The van der Waals surface area contributed by atoms with E-state index in [2.05, 4.69) is 17.2 Å². The van der Waals surface area contributed by atoms with Gasteiger partial charge in [-0.15, -0.1) is 11.3 Å². The fourth-order valence-electron chi connectivity index (χ4n) is 2.74. The van der Waals surface area contributed by atoms with Crippen LogP contribution in [0.1, 0.15) is 39.0 Å². The summed E-state index contributed by atoms with van der Waals surface area (Å²) in [6.45, 7) is 3.02. The van der Waals surface area contributed by atoms with Gasteiger partial charge < -0.3 is 10.1 Å². The lowest BCUT2D eigenvalue weighted by Crippen LogP contribution is -1.97. The first-order valence-electron chi connectivity index (χ1n) is 9.46. The number of benzene rings is 2. The van der Waals surface area contributed by atoms with Gasteiger partial charge >= 0.3 is 0 Å². The Morgan fingerprint density at radius 2 is 1.70 bits per heavy atom. The molecule has 3 aromatic rings. The molecule has 5 heteroatoms. The molecule has 0 bridgehead atoms. The molecule has 27 heavy (non-hydrogen) atoms. The SMILES string of the molecule is CCCCCCCOc1ccc(Nc2nc(-c3ccc(Cl)cc3)cs2)cc1. The smallest absolute Gasteiger partial charge is 0.187 e. The molecule has 0 aliphatic rings. The van der Waals surface area contributed by atoms with Gasteiger partial charge in [0.2, 0.25) is 0 Å². The van der Waals surface area contributed by atoms with Crippen LogP contribution in [0.5, 0.6) is 5.75 Å². The van der Waals surface area contributed by atoms with E-state index in [1.165, 1.54) is 25.7 Å². The van der Waals surface area contributed by atoms with Crippen LogP contribution in [0.2, 0.25) is 5.02 Å². The van der Waals surface area contributed by atoms with E-state index in [-0.39, 0.29) is 0 Å². The lowest BCUT2D eigenvalue weighted by molar-refractivity contribution is 0.304. The summed E-state index contributed by atoms with van der Waals surface area (Å²) in [4.78, 5) is 4.65. The predicted molar refractivity (Wildman–Crippen MR) is 117 cm³/mol. The molecule has 0 spiro atoms. The Morgan fingerprint density at radius 1 is 0.963 bits per heavy atom. The van der Waals surface area contributed by atoms with Crippen molar-refractivity contribution in [3.8, 4) is 17.0 Å². The second-order valence-electron chi connectivity index (χ2n) is 6.46. The number of hydrogen-bond acceptors (Lipinski definition) is 4. The topological polar surface area (TPSA) is 34.1 Å². The zero-order valence-electron chi connectivity index (χ0n) is 15.6. The van der Waals surface area contributed by atoms with Gasteiger partial charge in [-0.1, -0.05) is 56.3 Å². The fourth-order valence-corrected chi connectivity index (χ4v) is 3.60. The van der Waals surface area contributed by atoms with Gasteiger partial charge in [0.05, 0.1) is 12.3 Å². The van der Waals surface area contributed by atoms with E-state index in [1.54, 1.807) is 11.3 Å². The van der Waals surface area contributed by atoms with Gasteiger partial charge in [-0.3, -0.25) is 0 Å². The molecule has 1 aromatic heterocycles. The van der Waals surface area contributed by atoms with Crippen molar-refractivity contribution in [1.82, 2.24) is 4.98 Å². The van der Waals surface area contributed by atoms with Gasteiger partial charge in [0.25, 0.3) is 0 Å². The summed E-state index contributed by atoms with van der Waals surface area (Å²) < 4.78 is 5.81. The standard InChI is InChI=1S/C22H25ClN2OS/c1-2-3-4-5-6-15-26-20-13-11-19(12-14-20)24-22-25-21(16-27-22)17-7-9-18(23)10-8-17/h7-14,16H,2-6,15H2,1H3,(H,24,25). The summed E-state index contributed by atoms with van der Waals surface area (Å²) >= 11 is 7.53. The summed E-state index contributed by atoms with van der Waals surface area (Å²) in [5.41, 5.74) is 3.01. The van der Waals surface area contributed by atoms with Crippen molar-refractivity contribution in [3.05, 3.63) is 58.9 Å². The molecule has 0 fully saturated rings. The molecule has 0 aliphatic carbocycles. The minimum atomic E-state index is 0.732. The van der Waals surface area contributed by atoms with Crippen molar-refractivity contribution in [2.45, 2.75) is 39.0 Å². The third-order valence-corrected chi connectivity index (χ3v) is 5.28. The molecule has 142 valence electrons. The van der Waals surface area contributed by atoms with Crippen LogP contribution in [-0.4, -0.2) is 11.6 Å². The van der Waals surface area contributed by atoms with Gasteiger partial charge in [0, 0.05) is 21.7 Å². The zero-order chi connectivity index (χ0) is 18.9. The highest BCUT2D eigenvalue weighted by Gasteiger charge is 2.05. The van der Waals surface area contributed by atoms with Crippen LogP contribution >= 0.6 is 22.9 Å². The number of halogens is 1. The molecule has 0 saturated carbocycles. The van der Waals surface area contributed by atoms with E-state index in [0.29, 0.717) is 0 Å². The summed E-state index contributed by atoms with van der Waals surface area (Å²) in [5, 5.41) is 6.99. The van der Waals surface area contributed by atoms with Crippen LogP contribution in [0, 0.1) is 0 Å². The van der Waals surface area contributed by atoms with Gasteiger partial charge in [0.15, 0.2) is 5.13 Å². The van der Waals surface area contributed by atoms with Crippen LogP contribution in [0.15, 0.2) is 53.9 Å². The van der Waals surface area contributed by atoms with Crippen molar-refractivity contribution in [2.24, 2.45) is 0 Å². The van der Waals surface area contributed by atoms with Crippen LogP contribution < -0.4 is 10.1 Å². The molecule has 2 aromatic carbocycles. The molecule has 1 N–H and O–H groups in total. The number of ether oxygens (including phenoxy) is 1. The molecule has 0 saturated heterocycles. The molecule has 0 amide bonds. The molecule has 1 heterocycles. The molecule has 0 atom stereocenters. The number of anilines is 2. The van der Waals surface area contributed by atoms with Crippen molar-refractivity contribution < 1.29 is 4.74 Å². The first-order valence-corrected chi connectivity index (χ1v) is 10.7. The maximum atomic E-state index is 5.94. The molecular weight excluding hydrogens is 376 g/mol. The van der Waals surface area contributed by atoms with Gasteiger partial charge in [0.1, 0.15) is 5.75 Å². The average Bonchev–Trinajstić information content (AvgIpc) is 3.15. The second kappa shape index (κ2) is 10.3. The highest BCUT2D eigenvalue weighted by Crippen LogP contribution is 2.28. The Balaban J connectivity index is 1.49. The average molecular weight is 401 g/mol. The largest absolute Gasteiger partial charge is 0.494 e. The summed E-state index contributed by atoms with van der Waals surface area (Å²) in [5.74, 6) is 0.914. The predicted octanol–water partition coefficient (Wildman–Crippen LogP) is 7.56. The van der Waals surface area contributed by atoms with E-state index in [1.807, 2.05) is 53.9 Å². The Morgan fingerprint density at radius 3 is 2.44 bits per heavy atom. The summed E-state index contributed by atoms with van der Waals surface area (Å²) in [6.07, 6.45) is 6.25. The van der Waals surface area contributed by atoms with Gasteiger partial charge in [-0.25, -0.2) is 4.98 Å². The zero-order valence-corrected chi connectivity index (χ0v) is 17.2. The highest BCUT2D eigenvalue weighted by molar-refractivity contribution is 7.14. The molecule has 0 radical (unpaired) electrons. The third-order valence-electron chi connectivity index (χ3n) is 4.27. The van der Waals surface area contributed by atoms with Crippen molar-refractivity contribution in [3.63, 3.8) is 0 Å². The fraction of sp³-hybridized carbons (Fsp3) is 0.318. The van der Waals surface area contributed by atoms with E-state index in [9.17, 15) is 0 Å². The lowest BCUT2D eigenvalue weighted by Gasteiger charge is -2.07. The maximum absolute atomic E-state index is 5.94. The Hall–Kier alpha value is -2.04. The molecule has 3 nitrogen and oxygen atoms in total. The van der Waals surface area contributed by atoms with Crippen molar-refractivity contribution >= 4 is 33.8 Å². The minimum Gasteiger partial charge on any atom is -0.494 e. The molecule has 0 unspecified atom stereocenters. The summed E-state index contributed by atoms with van der Waals surface area (Å²) in [7, 11) is 0. The normalized spacial score (nSPS) is 10.7. The van der Waals surface area contributed by atoms with Gasteiger partial charge in [-0.2, -0.15) is 0 Å². The second-order valence-corrected chi connectivity index (χ2v) is 7.75. The Kier molecular flexibility index (Phi) is 7.55.